The van der Waals surface area contributed by atoms with Crippen molar-refractivity contribution in [3.63, 3.8) is 0 Å². The van der Waals surface area contributed by atoms with Crippen molar-refractivity contribution in [3.8, 4) is 5.75 Å². The number of fused-ring (bicyclic) bond motifs is 1. The molecular weight excluding hydrogens is 314 g/mol. The van der Waals surface area contributed by atoms with Gasteiger partial charge < -0.3 is 25.4 Å². The van der Waals surface area contributed by atoms with Gasteiger partial charge in [-0.3, -0.25) is 4.79 Å². The SMILES string of the molecule is CC(=O)O.O=C(O)c1cccc(O[C@@H]2C[C@@H]3CNC[C@@H]3C[C@H]2O)c1. The minimum absolute atomic E-state index is 0.202. The summed E-state index contributed by atoms with van der Waals surface area (Å²) in [5.74, 6) is -0.209. The van der Waals surface area contributed by atoms with Gasteiger partial charge in [0, 0.05) is 6.92 Å². The van der Waals surface area contributed by atoms with Crippen molar-refractivity contribution in [2.24, 2.45) is 11.8 Å². The van der Waals surface area contributed by atoms with E-state index in [9.17, 15) is 9.90 Å². The molecule has 1 aromatic rings. The van der Waals surface area contributed by atoms with Gasteiger partial charge in [0.2, 0.25) is 0 Å². The number of ether oxygens (including phenoxy) is 1. The third-order valence-corrected chi connectivity index (χ3v) is 4.36. The lowest BCUT2D eigenvalue weighted by Gasteiger charge is -2.35. The molecular formula is C17H23NO6. The van der Waals surface area contributed by atoms with E-state index in [0.29, 0.717) is 17.6 Å². The molecule has 1 saturated carbocycles. The topological polar surface area (TPSA) is 116 Å². The Morgan fingerprint density at radius 1 is 1.17 bits per heavy atom. The van der Waals surface area contributed by atoms with Crippen molar-refractivity contribution in [3.05, 3.63) is 29.8 Å². The van der Waals surface area contributed by atoms with Gasteiger partial charge in [-0.25, -0.2) is 4.79 Å². The third-order valence-electron chi connectivity index (χ3n) is 4.36. The molecule has 4 N–H and O–H groups in total. The molecule has 0 bridgehead atoms. The first-order valence-corrected chi connectivity index (χ1v) is 7.95. The summed E-state index contributed by atoms with van der Waals surface area (Å²) in [4.78, 5) is 19.9. The van der Waals surface area contributed by atoms with Crippen molar-refractivity contribution in [1.82, 2.24) is 5.32 Å². The van der Waals surface area contributed by atoms with Gasteiger partial charge >= 0.3 is 5.97 Å². The largest absolute Gasteiger partial charge is 0.488 e. The van der Waals surface area contributed by atoms with E-state index in [0.717, 1.165) is 32.9 Å². The van der Waals surface area contributed by atoms with Crippen LogP contribution < -0.4 is 10.1 Å². The van der Waals surface area contributed by atoms with E-state index in [1.165, 1.54) is 12.1 Å². The predicted octanol–water partition coefficient (Wildman–Crippen LogP) is 1.21. The Bertz CT molecular complexity index is 586. The average Bonchev–Trinajstić information content (AvgIpc) is 2.94. The lowest BCUT2D eigenvalue weighted by atomic mass is 9.78. The Morgan fingerprint density at radius 2 is 1.79 bits per heavy atom. The molecule has 2 aliphatic rings. The Morgan fingerprint density at radius 3 is 2.42 bits per heavy atom. The van der Waals surface area contributed by atoms with Crippen LogP contribution in [0.4, 0.5) is 0 Å². The number of carboxylic acids is 2. The molecule has 0 radical (unpaired) electrons. The normalized spacial score (nSPS) is 28.2. The summed E-state index contributed by atoms with van der Waals surface area (Å²) in [6, 6.07) is 6.43. The second-order valence-electron chi connectivity index (χ2n) is 6.23. The van der Waals surface area contributed by atoms with Gasteiger partial charge in [-0.1, -0.05) is 6.07 Å². The number of aliphatic carboxylic acids is 1. The number of aromatic carboxylic acids is 1. The highest BCUT2D eigenvalue weighted by Gasteiger charge is 2.39. The van der Waals surface area contributed by atoms with Crippen LogP contribution in [0.25, 0.3) is 0 Å². The van der Waals surface area contributed by atoms with Gasteiger partial charge in [0.1, 0.15) is 11.9 Å². The van der Waals surface area contributed by atoms with Gasteiger partial charge in [-0.15, -0.1) is 0 Å². The van der Waals surface area contributed by atoms with Crippen LogP contribution >= 0.6 is 0 Å². The quantitative estimate of drug-likeness (QED) is 0.655. The first-order chi connectivity index (χ1) is 11.4. The van der Waals surface area contributed by atoms with E-state index in [2.05, 4.69) is 5.32 Å². The predicted molar refractivity (Wildman–Crippen MR) is 86.2 cm³/mol. The smallest absolute Gasteiger partial charge is 0.335 e. The van der Waals surface area contributed by atoms with E-state index in [1.807, 2.05) is 0 Å². The van der Waals surface area contributed by atoms with Crippen LogP contribution in [-0.4, -0.2) is 52.6 Å². The lowest BCUT2D eigenvalue weighted by Crippen LogP contribution is -2.42. The first-order valence-electron chi connectivity index (χ1n) is 7.95. The van der Waals surface area contributed by atoms with Gasteiger partial charge in [0.05, 0.1) is 11.7 Å². The highest BCUT2D eigenvalue weighted by atomic mass is 16.5. The maximum atomic E-state index is 10.9. The second-order valence-corrected chi connectivity index (χ2v) is 6.23. The molecule has 0 unspecified atom stereocenters. The summed E-state index contributed by atoms with van der Waals surface area (Å²) >= 11 is 0. The van der Waals surface area contributed by atoms with E-state index in [4.69, 9.17) is 19.7 Å². The summed E-state index contributed by atoms with van der Waals surface area (Å²) in [7, 11) is 0. The van der Waals surface area contributed by atoms with Crippen LogP contribution in [0.1, 0.15) is 30.1 Å². The molecule has 24 heavy (non-hydrogen) atoms. The first kappa shape index (κ1) is 18.2. The summed E-state index contributed by atoms with van der Waals surface area (Å²) in [6.45, 7) is 3.04. The standard InChI is InChI=1S/C15H19NO4.C2H4O2/c17-13-5-10-7-16-8-11(10)6-14(13)20-12-3-1-2-9(4-12)15(18)19;1-2(3)4/h1-4,10-11,13-14,16-17H,5-8H2,(H,18,19);1H3,(H,3,4)/t10-,11+,13+,14+;/m0./s1. The van der Waals surface area contributed by atoms with E-state index in [-0.39, 0.29) is 11.7 Å². The van der Waals surface area contributed by atoms with E-state index < -0.39 is 18.0 Å². The Balaban J connectivity index is 0.000000471. The van der Waals surface area contributed by atoms with Gasteiger partial charge in [0.15, 0.2) is 0 Å². The molecule has 132 valence electrons. The summed E-state index contributed by atoms with van der Waals surface area (Å²) < 4.78 is 5.83. The Hall–Kier alpha value is -2.12. The fourth-order valence-corrected chi connectivity index (χ4v) is 3.26. The zero-order valence-electron chi connectivity index (χ0n) is 13.5. The highest BCUT2D eigenvalue weighted by Crippen LogP contribution is 2.34. The van der Waals surface area contributed by atoms with Crippen LogP contribution in [0.15, 0.2) is 24.3 Å². The molecule has 1 aliphatic carbocycles. The van der Waals surface area contributed by atoms with Gasteiger partial charge in [-0.05, 0) is 56.0 Å². The van der Waals surface area contributed by atoms with Crippen molar-refractivity contribution in [2.45, 2.75) is 32.0 Å². The van der Waals surface area contributed by atoms with E-state index >= 15 is 0 Å². The van der Waals surface area contributed by atoms with Crippen molar-refractivity contribution in [1.29, 1.82) is 0 Å². The number of hydrogen-bond acceptors (Lipinski definition) is 5. The summed E-state index contributed by atoms with van der Waals surface area (Å²) in [6.07, 6.45) is 0.835. The van der Waals surface area contributed by atoms with Crippen molar-refractivity contribution in [2.75, 3.05) is 13.1 Å². The maximum absolute atomic E-state index is 10.9. The number of carbonyl (C=O) groups is 2. The molecule has 4 atom stereocenters. The zero-order valence-corrected chi connectivity index (χ0v) is 13.5. The van der Waals surface area contributed by atoms with Crippen LogP contribution in [0.3, 0.4) is 0 Å². The number of hydrogen-bond donors (Lipinski definition) is 4. The van der Waals surface area contributed by atoms with Gasteiger partial charge in [-0.2, -0.15) is 0 Å². The average molecular weight is 337 g/mol. The third kappa shape index (κ3) is 4.94. The van der Waals surface area contributed by atoms with Crippen molar-refractivity contribution < 1.29 is 29.6 Å². The van der Waals surface area contributed by atoms with E-state index in [1.54, 1.807) is 12.1 Å². The number of rotatable bonds is 3. The molecule has 3 rings (SSSR count). The van der Waals surface area contributed by atoms with Crippen LogP contribution in [0.5, 0.6) is 5.75 Å². The fraction of sp³-hybridized carbons (Fsp3) is 0.529. The maximum Gasteiger partial charge on any atom is 0.335 e. The number of aliphatic hydroxyl groups excluding tert-OH is 1. The zero-order chi connectivity index (χ0) is 17.7. The lowest BCUT2D eigenvalue weighted by molar-refractivity contribution is -0.134. The number of carboxylic acid groups (broad SMARTS) is 2. The van der Waals surface area contributed by atoms with Gasteiger partial charge in [0.25, 0.3) is 5.97 Å². The molecule has 0 amide bonds. The van der Waals surface area contributed by atoms with Crippen molar-refractivity contribution >= 4 is 11.9 Å². The number of aliphatic hydroxyl groups is 1. The molecule has 1 heterocycles. The molecule has 2 fully saturated rings. The minimum atomic E-state index is -0.973. The summed E-state index contributed by atoms with van der Waals surface area (Å²) in [5, 5.41) is 29.9. The molecule has 0 spiro atoms. The Labute approximate surface area is 140 Å². The molecule has 1 aromatic carbocycles. The number of benzene rings is 1. The Kier molecular flexibility index (Phi) is 6.16. The van der Waals surface area contributed by atoms with Crippen LogP contribution in [0, 0.1) is 11.8 Å². The van der Waals surface area contributed by atoms with Crippen LogP contribution in [-0.2, 0) is 4.79 Å². The molecule has 1 saturated heterocycles. The number of nitrogens with one attached hydrogen (secondary N) is 1. The molecule has 0 aromatic heterocycles. The van der Waals surface area contributed by atoms with Crippen LogP contribution in [0.2, 0.25) is 0 Å². The minimum Gasteiger partial charge on any atom is -0.488 e. The molecule has 1 aliphatic heterocycles. The summed E-state index contributed by atoms with van der Waals surface area (Å²) in [5.41, 5.74) is 0.202. The monoisotopic (exact) mass is 337 g/mol. The molecule has 7 nitrogen and oxygen atoms in total. The molecule has 7 heteroatoms. The highest BCUT2D eigenvalue weighted by molar-refractivity contribution is 5.88. The second kappa shape index (κ2) is 8.12. The fourth-order valence-electron chi connectivity index (χ4n) is 3.26.